The summed E-state index contributed by atoms with van der Waals surface area (Å²) < 4.78 is 37.0. The molecule has 27 heavy (non-hydrogen) atoms. The Labute approximate surface area is 188 Å². The van der Waals surface area contributed by atoms with Crippen molar-refractivity contribution >= 4 is 42.4 Å². The van der Waals surface area contributed by atoms with Gasteiger partial charge in [-0.05, 0) is 0 Å². The van der Waals surface area contributed by atoms with Gasteiger partial charge in [-0.2, -0.15) is 0 Å². The van der Waals surface area contributed by atoms with E-state index in [1.54, 1.807) is 42.7 Å². The predicted molar refractivity (Wildman–Crippen MR) is 110 cm³/mol. The Hall–Kier alpha value is 0.617. The number of rotatable bonds is 10. The average molecular weight is 535 g/mol. The van der Waals surface area contributed by atoms with Gasteiger partial charge in [0.2, 0.25) is 0 Å². The van der Waals surface area contributed by atoms with Crippen LogP contribution in [0.4, 0.5) is 0 Å². The SMILES string of the molecule is CO[Si](OC)(OC)C1=[C]([Zr][C]2=C([Si](OC)(OC)OC)C=CC2)CC=C1.Cl.Cl. The third kappa shape index (κ3) is 5.41. The molecule has 0 aromatic heterocycles. The molecule has 0 aromatic rings. The second-order valence-electron chi connectivity index (χ2n) is 5.46. The molecule has 154 valence electrons. The van der Waals surface area contributed by atoms with Crippen LogP contribution in [0.15, 0.2) is 41.3 Å². The van der Waals surface area contributed by atoms with E-state index in [0.717, 1.165) is 23.2 Å². The zero-order chi connectivity index (χ0) is 18.5. The molecule has 0 saturated heterocycles. The van der Waals surface area contributed by atoms with Crippen molar-refractivity contribution in [2.45, 2.75) is 12.8 Å². The fraction of sp³-hybridized carbons (Fsp3) is 0.500. The third-order valence-electron chi connectivity index (χ3n) is 4.44. The average Bonchev–Trinajstić information content (AvgIpc) is 3.31. The van der Waals surface area contributed by atoms with Gasteiger partial charge < -0.3 is 0 Å². The smallest absolute Gasteiger partial charge is 0.147 e. The van der Waals surface area contributed by atoms with Crippen LogP contribution >= 0.6 is 24.8 Å². The molecule has 0 atom stereocenters. The maximum atomic E-state index is 5.69. The van der Waals surface area contributed by atoms with Crippen LogP contribution in [0.1, 0.15) is 12.8 Å². The van der Waals surface area contributed by atoms with Crippen molar-refractivity contribution < 1.29 is 49.8 Å². The van der Waals surface area contributed by atoms with E-state index in [9.17, 15) is 0 Å². The molecule has 0 unspecified atom stereocenters. The number of hydrogen-bond donors (Lipinski definition) is 0. The molecule has 0 radical (unpaired) electrons. The van der Waals surface area contributed by atoms with E-state index >= 15 is 0 Å². The van der Waals surface area contributed by atoms with Gasteiger partial charge in [-0.1, -0.05) is 0 Å². The van der Waals surface area contributed by atoms with Crippen LogP contribution < -0.4 is 0 Å². The summed E-state index contributed by atoms with van der Waals surface area (Å²) in [7, 11) is 4.32. The molecule has 2 aliphatic rings. The fourth-order valence-electron chi connectivity index (χ4n) is 3.16. The summed E-state index contributed by atoms with van der Waals surface area (Å²) in [5.41, 5.74) is 0. The van der Waals surface area contributed by atoms with E-state index in [-0.39, 0.29) is 24.8 Å². The number of halogens is 2. The number of hydrogen-bond acceptors (Lipinski definition) is 6. The van der Waals surface area contributed by atoms with Gasteiger partial charge in [0, 0.05) is 0 Å². The van der Waals surface area contributed by atoms with Crippen LogP contribution in [-0.4, -0.2) is 60.3 Å². The molecule has 11 heteroatoms. The normalized spacial score (nSPS) is 16.7. The van der Waals surface area contributed by atoms with Crippen LogP contribution in [0, 0.1) is 0 Å². The van der Waals surface area contributed by atoms with Crippen LogP contribution in [0.5, 0.6) is 0 Å². The Bertz CT molecular complexity index is 548. The Morgan fingerprint density at radius 1 is 0.630 bits per heavy atom. The van der Waals surface area contributed by atoms with Crippen molar-refractivity contribution in [1.29, 1.82) is 0 Å². The van der Waals surface area contributed by atoms with Gasteiger partial charge in [0.15, 0.2) is 0 Å². The molecule has 2 aliphatic carbocycles. The first-order valence-corrected chi connectivity index (χ1v) is 13.8. The van der Waals surface area contributed by atoms with E-state index in [2.05, 4.69) is 24.3 Å². The van der Waals surface area contributed by atoms with E-state index < -0.39 is 40.8 Å². The first-order chi connectivity index (χ1) is 12.1. The van der Waals surface area contributed by atoms with Crippen molar-refractivity contribution in [3.63, 3.8) is 0 Å². The molecule has 0 aromatic carbocycles. The first-order valence-electron chi connectivity index (χ1n) is 7.94. The zero-order valence-electron chi connectivity index (χ0n) is 16.5. The first kappa shape index (κ1) is 27.6. The van der Waals surface area contributed by atoms with Crippen LogP contribution in [-0.2, 0) is 49.8 Å². The maximum absolute atomic E-state index is 5.69. The molecule has 2 rings (SSSR count). The van der Waals surface area contributed by atoms with Gasteiger partial charge in [-0.15, -0.1) is 24.8 Å². The molecule has 0 aliphatic heterocycles. The summed E-state index contributed by atoms with van der Waals surface area (Å²) in [6.45, 7) is 0. The standard InChI is InChI=1S/2C8H13O3Si.2ClH.Zr/c2*1-9-12(10-2,11-3)8-6-4-5-7-8;;;/h2*4,6H,5H2,1-3H3;2*1H;. The molecule has 0 spiro atoms. The Morgan fingerprint density at radius 2 is 0.926 bits per heavy atom. The quantitative estimate of drug-likeness (QED) is 0.402. The van der Waals surface area contributed by atoms with Gasteiger partial charge in [0.25, 0.3) is 0 Å². The van der Waals surface area contributed by atoms with E-state index in [1.807, 2.05) is 0 Å². The molecular weight excluding hydrogens is 506 g/mol. The second-order valence-corrected chi connectivity index (χ2v) is 14.8. The van der Waals surface area contributed by atoms with Gasteiger partial charge >= 0.3 is 164 Å². The van der Waals surface area contributed by atoms with Crippen molar-refractivity contribution in [1.82, 2.24) is 0 Å². The monoisotopic (exact) mass is 532 g/mol. The van der Waals surface area contributed by atoms with Crippen molar-refractivity contribution in [2.75, 3.05) is 42.7 Å². The molecule has 6 nitrogen and oxygen atoms in total. The largest absolute Gasteiger partial charge is 0.147 e. The summed E-state index contributed by atoms with van der Waals surface area (Å²) in [6, 6.07) is 0. The topological polar surface area (TPSA) is 55.4 Å². The Kier molecular flexibility index (Phi) is 12.6. The molecule has 0 fully saturated rings. The summed E-state index contributed by atoms with van der Waals surface area (Å²) in [5.74, 6) is 0. The van der Waals surface area contributed by atoms with E-state index in [4.69, 9.17) is 26.6 Å². The summed E-state index contributed by atoms with van der Waals surface area (Å²) in [6.07, 6.45) is 10.4. The molecule has 0 heterocycles. The molecule has 0 saturated carbocycles. The van der Waals surface area contributed by atoms with Gasteiger partial charge in [-0.3, -0.25) is 0 Å². The molecule has 0 amide bonds. The zero-order valence-corrected chi connectivity index (χ0v) is 22.6. The van der Waals surface area contributed by atoms with Gasteiger partial charge in [-0.25, -0.2) is 0 Å². The minimum absolute atomic E-state index is 0. The Balaban J connectivity index is 0.00000338. The van der Waals surface area contributed by atoms with Crippen molar-refractivity contribution in [2.24, 2.45) is 0 Å². The maximum Gasteiger partial charge on any atom is -0.147 e. The summed E-state index contributed by atoms with van der Waals surface area (Å²) in [5, 5.41) is 2.23. The summed E-state index contributed by atoms with van der Waals surface area (Å²) >= 11 is -1.06. The third-order valence-corrected chi connectivity index (χ3v) is 15.0. The van der Waals surface area contributed by atoms with Gasteiger partial charge in [0.1, 0.15) is 0 Å². The van der Waals surface area contributed by atoms with E-state index in [0.29, 0.717) is 0 Å². The molecule has 0 bridgehead atoms. The number of allylic oxidation sites excluding steroid dienone is 8. The minimum Gasteiger partial charge on any atom is -0.147 e. The van der Waals surface area contributed by atoms with E-state index in [1.165, 1.54) is 6.56 Å². The predicted octanol–water partition coefficient (Wildman–Crippen LogP) is 3.18. The minimum atomic E-state index is -2.80. The van der Waals surface area contributed by atoms with Crippen molar-refractivity contribution in [3.8, 4) is 0 Å². The molecule has 0 N–H and O–H groups in total. The van der Waals surface area contributed by atoms with Crippen LogP contribution in [0.2, 0.25) is 0 Å². The van der Waals surface area contributed by atoms with Gasteiger partial charge in [0.05, 0.1) is 0 Å². The fourth-order valence-corrected chi connectivity index (χ4v) is 13.1. The molecular formula is C16H28Cl2O6Si2Zr. The van der Waals surface area contributed by atoms with Crippen molar-refractivity contribution in [3.05, 3.63) is 41.3 Å². The second kappa shape index (κ2) is 12.3. The van der Waals surface area contributed by atoms with Crippen LogP contribution in [0.25, 0.3) is 0 Å². The summed E-state index contributed by atoms with van der Waals surface area (Å²) in [4.78, 5) is 0. The van der Waals surface area contributed by atoms with Crippen LogP contribution in [0.3, 0.4) is 0 Å². The Morgan fingerprint density at radius 3 is 1.19 bits per heavy atom.